The number of likely N-dealkylation sites (tertiary alicyclic amines) is 1. The monoisotopic (exact) mass is 446 g/mol. The maximum absolute atomic E-state index is 13.1. The topological polar surface area (TPSA) is 78.6 Å². The first-order valence-corrected chi connectivity index (χ1v) is 11.7. The molecule has 2 aromatic heterocycles. The quantitative estimate of drug-likeness (QED) is 0.596. The Labute approximate surface area is 194 Å². The van der Waals surface area contributed by atoms with E-state index >= 15 is 0 Å². The molecule has 0 N–H and O–H groups in total. The highest BCUT2D eigenvalue weighted by Gasteiger charge is 2.27. The second-order valence-electron chi connectivity index (χ2n) is 8.96. The van der Waals surface area contributed by atoms with Crippen LogP contribution in [0.5, 0.6) is 0 Å². The number of carbonyl (C=O) groups excluding carboxylic acids is 1. The minimum absolute atomic E-state index is 0.105. The van der Waals surface area contributed by atoms with Gasteiger partial charge in [0.25, 0.3) is 11.8 Å². The van der Waals surface area contributed by atoms with E-state index < -0.39 is 0 Å². The highest BCUT2D eigenvalue weighted by atomic mass is 16.5. The fourth-order valence-corrected chi connectivity index (χ4v) is 4.82. The van der Waals surface area contributed by atoms with Gasteiger partial charge in [-0.05, 0) is 62.1 Å². The molecule has 0 bridgehead atoms. The number of benzene rings is 1. The first-order chi connectivity index (χ1) is 16.2. The third-order valence-corrected chi connectivity index (χ3v) is 6.57. The molecule has 2 fully saturated rings. The van der Waals surface area contributed by atoms with Gasteiger partial charge in [-0.2, -0.15) is 4.98 Å². The van der Waals surface area contributed by atoms with E-state index in [4.69, 9.17) is 4.52 Å². The van der Waals surface area contributed by atoms with Gasteiger partial charge in [-0.3, -0.25) is 9.69 Å². The van der Waals surface area contributed by atoms with Crippen LogP contribution in [0.15, 0.2) is 53.2 Å². The number of anilines is 1. The minimum Gasteiger partial charge on any atom is -0.354 e. The number of amides is 1. The van der Waals surface area contributed by atoms with Gasteiger partial charge < -0.3 is 14.3 Å². The molecular weight excluding hydrogens is 416 g/mol. The Morgan fingerprint density at radius 2 is 1.88 bits per heavy atom. The molecule has 1 atom stereocenters. The number of aryl methyl sites for hydroxylation is 1. The molecule has 2 saturated heterocycles. The smallest absolute Gasteiger partial charge is 0.257 e. The number of pyridine rings is 1. The van der Waals surface area contributed by atoms with Gasteiger partial charge in [0.1, 0.15) is 5.82 Å². The van der Waals surface area contributed by atoms with E-state index in [1.807, 2.05) is 47.5 Å². The maximum atomic E-state index is 13.1. The lowest BCUT2D eigenvalue weighted by molar-refractivity contribution is 0.0637. The SMILES string of the molecule is Cc1noc(-c2ccc(C(=O)N3CCCC(CN4CCN(c5ccccn5)CC4)C3)cc2)n1. The van der Waals surface area contributed by atoms with Crippen LogP contribution in [0, 0.1) is 12.8 Å². The highest BCUT2D eigenvalue weighted by molar-refractivity contribution is 5.94. The Bertz CT molecular complexity index is 1060. The molecule has 2 aliphatic heterocycles. The molecule has 8 nitrogen and oxygen atoms in total. The summed E-state index contributed by atoms with van der Waals surface area (Å²) in [5, 5.41) is 3.83. The van der Waals surface area contributed by atoms with Crippen LogP contribution >= 0.6 is 0 Å². The van der Waals surface area contributed by atoms with E-state index in [0.29, 0.717) is 23.2 Å². The summed E-state index contributed by atoms with van der Waals surface area (Å²) in [6.45, 7) is 8.57. The zero-order valence-corrected chi connectivity index (χ0v) is 19.1. The van der Waals surface area contributed by atoms with Crippen LogP contribution in [0.3, 0.4) is 0 Å². The van der Waals surface area contributed by atoms with Crippen molar-refractivity contribution in [3.8, 4) is 11.5 Å². The van der Waals surface area contributed by atoms with Crippen molar-refractivity contribution in [2.75, 3.05) is 50.7 Å². The molecule has 8 heteroatoms. The highest BCUT2D eigenvalue weighted by Crippen LogP contribution is 2.23. The summed E-state index contributed by atoms with van der Waals surface area (Å²) in [6.07, 6.45) is 4.10. The van der Waals surface area contributed by atoms with E-state index in [0.717, 1.165) is 63.6 Å². The van der Waals surface area contributed by atoms with Crippen molar-refractivity contribution in [2.24, 2.45) is 5.92 Å². The zero-order valence-electron chi connectivity index (χ0n) is 19.1. The molecule has 1 aromatic carbocycles. The van der Waals surface area contributed by atoms with Crippen molar-refractivity contribution in [1.29, 1.82) is 0 Å². The van der Waals surface area contributed by atoms with Gasteiger partial charge in [-0.15, -0.1) is 0 Å². The van der Waals surface area contributed by atoms with Gasteiger partial charge in [0.15, 0.2) is 5.82 Å². The van der Waals surface area contributed by atoms with Gasteiger partial charge >= 0.3 is 0 Å². The van der Waals surface area contributed by atoms with Gasteiger partial charge in [0.2, 0.25) is 0 Å². The Morgan fingerprint density at radius 3 is 2.58 bits per heavy atom. The molecule has 33 heavy (non-hydrogen) atoms. The van der Waals surface area contributed by atoms with Crippen LogP contribution < -0.4 is 4.90 Å². The molecule has 0 spiro atoms. The lowest BCUT2D eigenvalue weighted by Crippen LogP contribution is -2.50. The van der Waals surface area contributed by atoms with Crippen LogP contribution in [0.25, 0.3) is 11.5 Å². The Morgan fingerprint density at radius 1 is 1.06 bits per heavy atom. The number of aromatic nitrogens is 3. The number of piperidine rings is 1. The van der Waals surface area contributed by atoms with Crippen molar-refractivity contribution in [2.45, 2.75) is 19.8 Å². The first kappa shape index (κ1) is 21.6. The van der Waals surface area contributed by atoms with Crippen molar-refractivity contribution in [1.82, 2.24) is 24.9 Å². The van der Waals surface area contributed by atoms with E-state index in [1.165, 1.54) is 6.42 Å². The van der Waals surface area contributed by atoms with Crippen LogP contribution in [-0.4, -0.2) is 76.6 Å². The summed E-state index contributed by atoms with van der Waals surface area (Å²) in [4.78, 5) is 28.8. The molecule has 4 heterocycles. The molecule has 1 amide bonds. The van der Waals surface area contributed by atoms with Gasteiger partial charge in [-0.1, -0.05) is 11.2 Å². The van der Waals surface area contributed by atoms with E-state index in [9.17, 15) is 4.79 Å². The molecule has 2 aliphatic rings. The number of nitrogens with zero attached hydrogens (tertiary/aromatic N) is 6. The van der Waals surface area contributed by atoms with Gasteiger partial charge in [0.05, 0.1) is 0 Å². The predicted octanol–water partition coefficient (Wildman–Crippen LogP) is 3.11. The maximum Gasteiger partial charge on any atom is 0.257 e. The Kier molecular flexibility index (Phi) is 6.35. The largest absolute Gasteiger partial charge is 0.354 e. The number of hydrogen-bond donors (Lipinski definition) is 0. The summed E-state index contributed by atoms with van der Waals surface area (Å²) >= 11 is 0. The fraction of sp³-hybridized carbons (Fsp3) is 0.440. The van der Waals surface area contributed by atoms with Crippen molar-refractivity contribution >= 4 is 11.7 Å². The molecule has 5 rings (SSSR count). The normalized spacial score (nSPS) is 19.6. The van der Waals surface area contributed by atoms with Crippen LogP contribution in [0.4, 0.5) is 5.82 Å². The number of carbonyl (C=O) groups is 1. The van der Waals surface area contributed by atoms with Gasteiger partial charge in [-0.25, -0.2) is 4.98 Å². The van der Waals surface area contributed by atoms with Crippen molar-refractivity contribution in [3.05, 3.63) is 60.0 Å². The predicted molar refractivity (Wildman–Crippen MR) is 126 cm³/mol. The molecule has 172 valence electrons. The summed E-state index contributed by atoms with van der Waals surface area (Å²) in [5.74, 6) is 2.76. The second kappa shape index (κ2) is 9.70. The van der Waals surface area contributed by atoms with Crippen molar-refractivity contribution < 1.29 is 9.32 Å². The molecular formula is C25H30N6O2. The summed E-state index contributed by atoms with van der Waals surface area (Å²) < 4.78 is 5.22. The zero-order chi connectivity index (χ0) is 22.6. The molecule has 3 aromatic rings. The lowest BCUT2D eigenvalue weighted by Gasteiger charge is -2.39. The van der Waals surface area contributed by atoms with Crippen LogP contribution in [0.1, 0.15) is 29.0 Å². The minimum atomic E-state index is 0.105. The van der Waals surface area contributed by atoms with Crippen LogP contribution in [-0.2, 0) is 0 Å². The number of hydrogen-bond acceptors (Lipinski definition) is 7. The van der Waals surface area contributed by atoms with Crippen molar-refractivity contribution in [3.63, 3.8) is 0 Å². The first-order valence-electron chi connectivity index (χ1n) is 11.7. The lowest BCUT2D eigenvalue weighted by atomic mass is 9.96. The number of rotatable bonds is 5. The summed E-state index contributed by atoms with van der Waals surface area (Å²) in [6, 6.07) is 13.6. The molecule has 0 saturated carbocycles. The average molecular weight is 447 g/mol. The molecule has 0 aliphatic carbocycles. The van der Waals surface area contributed by atoms with E-state index in [2.05, 4.69) is 31.0 Å². The summed E-state index contributed by atoms with van der Waals surface area (Å²) in [5.41, 5.74) is 1.54. The second-order valence-corrected chi connectivity index (χ2v) is 8.96. The molecule has 0 radical (unpaired) electrons. The Balaban J connectivity index is 1.14. The van der Waals surface area contributed by atoms with E-state index in [-0.39, 0.29) is 5.91 Å². The van der Waals surface area contributed by atoms with Crippen LogP contribution in [0.2, 0.25) is 0 Å². The number of piperazine rings is 1. The average Bonchev–Trinajstić information content (AvgIpc) is 3.31. The standard InChI is InChI=1S/C25H30N6O2/c1-19-27-24(33-28-19)21-7-9-22(10-8-21)25(32)31-12-4-5-20(18-31)17-29-13-15-30(16-14-29)23-6-2-3-11-26-23/h2-3,6-11,20H,4-5,12-18H2,1H3. The Hall–Kier alpha value is -3.26. The summed E-state index contributed by atoms with van der Waals surface area (Å²) in [7, 11) is 0. The van der Waals surface area contributed by atoms with Gasteiger partial charge in [0, 0.05) is 63.1 Å². The third kappa shape index (κ3) is 5.06. The van der Waals surface area contributed by atoms with E-state index in [1.54, 1.807) is 6.92 Å². The molecule has 1 unspecified atom stereocenters. The fourth-order valence-electron chi connectivity index (χ4n) is 4.82. The third-order valence-electron chi connectivity index (χ3n) is 6.57.